The van der Waals surface area contributed by atoms with Crippen molar-refractivity contribution in [1.29, 1.82) is 0 Å². The molecule has 0 spiro atoms. The summed E-state index contributed by atoms with van der Waals surface area (Å²) in [6.45, 7) is 2.42. The molecular formula is C22H26ClN5O3. The lowest BCUT2D eigenvalue weighted by molar-refractivity contribution is 0.247. The Bertz CT molecular complexity index is 976. The van der Waals surface area contributed by atoms with Crippen molar-refractivity contribution < 1.29 is 14.4 Å². The number of carbonyl (C=O) groups excluding carboxylic acids is 1. The fourth-order valence-corrected chi connectivity index (χ4v) is 3.11. The summed E-state index contributed by atoms with van der Waals surface area (Å²) in [5, 5.41) is 19.5. The Morgan fingerprint density at radius 2 is 1.84 bits per heavy atom. The number of aryl methyl sites for hydroxylation is 1. The summed E-state index contributed by atoms with van der Waals surface area (Å²) in [6, 6.07) is 14.4. The van der Waals surface area contributed by atoms with Crippen molar-refractivity contribution in [3.63, 3.8) is 0 Å². The van der Waals surface area contributed by atoms with Crippen LogP contribution in [0.1, 0.15) is 29.9 Å². The third-order valence-corrected chi connectivity index (χ3v) is 5.04. The zero-order chi connectivity index (χ0) is 22.2. The summed E-state index contributed by atoms with van der Waals surface area (Å²) in [5.41, 5.74) is 2.88. The fourth-order valence-electron chi connectivity index (χ4n) is 2.98. The number of urea groups is 1. The number of likely N-dealkylation sites (N-methyl/N-ethyl adjacent to an activating group) is 1. The summed E-state index contributed by atoms with van der Waals surface area (Å²) in [6.07, 6.45) is 1.44. The van der Waals surface area contributed by atoms with E-state index in [1.807, 2.05) is 12.1 Å². The minimum Gasteiger partial charge on any atom is -0.395 e. The highest BCUT2D eigenvalue weighted by Crippen LogP contribution is 2.20. The van der Waals surface area contributed by atoms with Crippen LogP contribution in [-0.4, -0.2) is 41.5 Å². The zero-order valence-corrected chi connectivity index (χ0v) is 18.3. The number of rotatable bonds is 9. The van der Waals surface area contributed by atoms with Crippen molar-refractivity contribution in [2.24, 2.45) is 0 Å². The molecular weight excluding hydrogens is 418 g/mol. The van der Waals surface area contributed by atoms with Crippen molar-refractivity contribution in [3.8, 4) is 0 Å². The van der Waals surface area contributed by atoms with Gasteiger partial charge in [-0.15, -0.1) is 0 Å². The number of nitrogens with one attached hydrogen (secondary N) is 2. The maximum absolute atomic E-state index is 12.6. The van der Waals surface area contributed by atoms with Crippen molar-refractivity contribution in [1.82, 2.24) is 15.5 Å². The number of halogens is 1. The van der Waals surface area contributed by atoms with Gasteiger partial charge in [0.15, 0.2) is 5.82 Å². The van der Waals surface area contributed by atoms with Crippen LogP contribution in [0.15, 0.2) is 53.1 Å². The zero-order valence-electron chi connectivity index (χ0n) is 17.5. The molecule has 8 nitrogen and oxygen atoms in total. The second-order valence-electron chi connectivity index (χ2n) is 7.11. The summed E-state index contributed by atoms with van der Waals surface area (Å²) in [7, 11) is 1.74. The molecule has 9 heteroatoms. The Balaban J connectivity index is 1.77. The van der Waals surface area contributed by atoms with E-state index in [0.29, 0.717) is 29.5 Å². The Morgan fingerprint density at radius 3 is 2.48 bits per heavy atom. The van der Waals surface area contributed by atoms with Gasteiger partial charge in [-0.25, -0.2) is 4.79 Å². The number of aliphatic hydroxyl groups excluding tert-OH is 1. The number of aromatic nitrogens is 2. The molecule has 164 valence electrons. The first kappa shape index (κ1) is 22.6. The topological polar surface area (TPSA) is 104 Å². The van der Waals surface area contributed by atoms with E-state index < -0.39 is 12.1 Å². The average molecular weight is 444 g/mol. The standard InChI is InChI=1S/C22H26ClN5O3/c1-3-15-4-6-16(7-5-15)14-19(20-26-22(31-27-20)28(2)12-13-29)25-21(30)24-18-10-8-17(23)9-11-18/h4-11,19,29H,3,12-14H2,1-2H3,(H2,24,25,30)/t19-/m0/s1. The van der Waals surface area contributed by atoms with Crippen LogP contribution in [0.5, 0.6) is 0 Å². The van der Waals surface area contributed by atoms with E-state index in [2.05, 4.69) is 39.8 Å². The van der Waals surface area contributed by atoms with E-state index >= 15 is 0 Å². The van der Waals surface area contributed by atoms with E-state index in [0.717, 1.165) is 12.0 Å². The van der Waals surface area contributed by atoms with Gasteiger partial charge in [0.1, 0.15) is 0 Å². The Hall–Kier alpha value is -3.10. The summed E-state index contributed by atoms with van der Waals surface area (Å²) < 4.78 is 5.31. The number of benzene rings is 2. The predicted octanol–water partition coefficient (Wildman–Crippen LogP) is 3.82. The average Bonchev–Trinajstić information content (AvgIpc) is 3.26. The molecule has 0 fully saturated rings. The molecule has 1 aromatic heterocycles. The molecule has 1 atom stereocenters. The molecule has 3 aromatic rings. The molecule has 0 unspecified atom stereocenters. The van der Waals surface area contributed by atoms with Gasteiger partial charge in [0.2, 0.25) is 0 Å². The lowest BCUT2D eigenvalue weighted by Crippen LogP contribution is -2.34. The summed E-state index contributed by atoms with van der Waals surface area (Å²) >= 11 is 5.90. The Kier molecular flexibility index (Phi) is 7.86. The molecule has 0 bridgehead atoms. The van der Waals surface area contributed by atoms with Gasteiger partial charge in [-0.1, -0.05) is 47.9 Å². The van der Waals surface area contributed by atoms with Gasteiger partial charge in [-0.05, 0) is 41.8 Å². The highest BCUT2D eigenvalue weighted by atomic mass is 35.5. The van der Waals surface area contributed by atoms with Gasteiger partial charge < -0.3 is 25.2 Å². The molecule has 2 amide bonds. The first-order chi connectivity index (χ1) is 15.0. The molecule has 0 aliphatic heterocycles. The summed E-state index contributed by atoms with van der Waals surface area (Å²) in [4.78, 5) is 18.7. The maximum atomic E-state index is 12.6. The monoisotopic (exact) mass is 443 g/mol. The highest BCUT2D eigenvalue weighted by molar-refractivity contribution is 6.30. The molecule has 0 saturated carbocycles. The quantitative estimate of drug-likeness (QED) is 0.464. The number of anilines is 2. The third kappa shape index (κ3) is 6.44. The Labute approximate surface area is 186 Å². The van der Waals surface area contributed by atoms with E-state index in [-0.39, 0.29) is 12.6 Å². The molecule has 0 saturated heterocycles. The van der Waals surface area contributed by atoms with Crippen LogP contribution < -0.4 is 15.5 Å². The lowest BCUT2D eigenvalue weighted by atomic mass is 10.0. The first-order valence-corrected chi connectivity index (χ1v) is 10.4. The van der Waals surface area contributed by atoms with E-state index in [1.165, 1.54) is 5.56 Å². The van der Waals surface area contributed by atoms with Crippen LogP contribution in [0.25, 0.3) is 0 Å². The second-order valence-corrected chi connectivity index (χ2v) is 7.55. The molecule has 3 N–H and O–H groups in total. The SMILES string of the molecule is CCc1ccc(C[C@H](NC(=O)Nc2ccc(Cl)cc2)c2noc(N(C)CCO)n2)cc1. The van der Waals surface area contributed by atoms with Gasteiger partial charge in [0.05, 0.1) is 12.6 Å². The van der Waals surface area contributed by atoms with E-state index in [4.69, 9.17) is 21.2 Å². The molecule has 31 heavy (non-hydrogen) atoms. The predicted molar refractivity (Wildman–Crippen MR) is 121 cm³/mol. The van der Waals surface area contributed by atoms with Gasteiger partial charge >= 0.3 is 12.0 Å². The molecule has 3 rings (SSSR count). The minimum absolute atomic E-state index is 0.0385. The number of aliphatic hydroxyl groups is 1. The number of nitrogens with zero attached hydrogens (tertiary/aromatic N) is 3. The van der Waals surface area contributed by atoms with Crippen molar-refractivity contribution in [2.45, 2.75) is 25.8 Å². The normalized spacial score (nSPS) is 11.7. The van der Waals surface area contributed by atoms with Crippen LogP contribution in [-0.2, 0) is 12.8 Å². The number of amides is 2. The van der Waals surface area contributed by atoms with Crippen molar-refractivity contribution in [2.75, 3.05) is 30.4 Å². The van der Waals surface area contributed by atoms with Crippen LogP contribution in [0.3, 0.4) is 0 Å². The smallest absolute Gasteiger partial charge is 0.323 e. The first-order valence-electron chi connectivity index (χ1n) is 10.0. The van der Waals surface area contributed by atoms with Gasteiger partial charge in [0, 0.05) is 30.7 Å². The minimum atomic E-state index is -0.514. The highest BCUT2D eigenvalue weighted by Gasteiger charge is 2.22. The van der Waals surface area contributed by atoms with Crippen molar-refractivity contribution >= 4 is 29.3 Å². The Morgan fingerprint density at radius 1 is 1.16 bits per heavy atom. The van der Waals surface area contributed by atoms with Crippen LogP contribution in [0.2, 0.25) is 5.02 Å². The molecule has 0 radical (unpaired) electrons. The van der Waals surface area contributed by atoms with Gasteiger partial charge in [-0.2, -0.15) is 4.98 Å². The van der Waals surface area contributed by atoms with Crippen LogP contribution in [0.4, 0.5) is 16.5 Å². The fraction of sp³-hybridized carbons (Fsp3) is 0.318. The molecule has 0 aliphatic carbocycles. The second kappa shape index (κ2) is 10.8. The number of hydrogen-bond donors (Lipinski definition) is 3. The summed E-state index contributed by atoms with van der Waals surface area (Å²) in [5.74, 6) is 0.352. The number of carbonyl (C=O) groups is 1. The van der Waals surface area contributed by atoms with Crippen LogP contribution in [0, 0.1) is 0 Å². The molecule has 1 heterocycles. The largest absolute Gasteiger partial charge is 0.395 e. The van der Waals surface area contributed by atoms with Gasteiger partial charge in [0.25, 0.3) is 0 Å². The van der Waals surface area contributed by atoms with Gasteiger partial charge in [-0.3, -0.25) is 0 Å². The maximum Gasteiger partial charge on any atom is 0.323 e. The van der Waals surface area contributed by atoms with Crippen molar-refractivity contribution in [3.05, 3.63) is 70.5 Å². The third-order valence-electron chi connectivity index (χ3n) is 4.78. The molecule has 0 aliphatic rings. The van der Waals surface area contributed by atoms with E-state index in [9.17, 15) is 4.79 Å². The number of hydrogen-bond acceptors (Lipinski definition) is 6. The van der Waals surface area contributed by atoms with E-state index in [1.54, 1.807) is 36.2 Å². The lowest BCUT2D eigenvalue weighted by Gasteiger charge is -2.17. The molecule has 2 aromatic carbocycles. The van der Waals surface area contributed by atoms with Crippen LogP contribution >= 0.6 is 11.6 Å².